The highest BCUT2D eigenvalue weighted by Gasteiger charge is 2.27. The van der Waals surface area contributed by atoms with Gasteiger partial charge in [0.15, 0.2) is 0 Å². The van der Waals surface area contributed by atoms with Crippen LogP contribution in [0.15, 0.2) is 4.79 Å². The summed E-state index contributed by atoms with van der Waals surface area (Å²) < 4.78 is 8.31. The van der Waals surface area contributed by atoms with Crippen molar-refractivity contribution in [2.24, 2.45) is 0 Å². The summed E-state index contributed by atoms with van der Waals surface area (Å²) in [6.07, 6.45) is 4.39. The number of aromatic nitrogens is 3. The fraction of sp³-hybridized carbons (Fsp3) is 0.824. The second kappa shape index (κ2) is 9.01. The predicted octanol–water partition coefficient (Wildman–Crippen LogP) is 1.61. The molecule has 7 heteroatoms. The Morgan fingerprint density at radius 3 is 2.58 bits per heavy atom. The summed E-state index contributed by atoms with van der Waals surface area (Å²) in [4.78, 5) is 26.5. The zero-order valence-electron chi connectivity index (χ0n) is 15.2. The van der Waals surface area contributed by atoms with Gasteiger partial charge >= 0.3 is 5.69 Å². The molecule has 0 saturated carbocycles. The lowest BCUT2D eigenvalue weighted by molar-refractivity contribution is -0.132. The smallest absolute Gasteiger partial charge is 0.345 e. The summed E-state index contributed by atoms with van der Waals surface area (Å²) >= 11 is 0. The number of carbonyl (C=O) groups is 1. The van der Waals surface area contributed by atoms with E-state index in [2.05, 4.69) is 12.0 Å². The Hall–Kier alpha value is -1.63. The molecule has 1 aliphatic rings. The number of nitrogens with zero attached hydrogens (tertiary/aromatic N) is 4. The lowest BCUT2D eigenvalue weighted by Crippen LogP contribution is -2.38. The Morgan fingerprint density at radius 2 is 2.00 bits per heavy atom. The second-order valence-electron chi connectivity index (χ2n) is 6.36. The highest BCUT2D eigenvalue weighted by Crippen LogP contribution is 2.26. The summed E-state index contributed by atoms with van der Waals surface area (Å²) in [5, 5.41) is 4.54. The van der Waals surface area contributed by atoms with E-state index in [1.165, 1.54) is 4.68 Å². The maximum atomic E-state index is 12.4. The molecule has 0 aliphatic carbocycles. The first-order valence-corrected chi connectivity index (χ1v) is 9.06. The molecule has 1 saturated heterocycles. The van der Waals surface area contributed by atoms with Gasteiger partial charge in [-0.1, -0.05) is 13.3 Å². The first-order valence-electron chi connectivity index (χ1n) is 9.06. The molecule has 0 unspecified atom stereocenters. The van der Waals surface area contributed by atoms with Gasteiger partial charge in [-0.15, -0.1) is 0 Å². The van der Waals surface area contributed by atoms with E-state index in [9.17, 15) is 9.59 Å². The van der Waals surface area contributed by atoms with E-state index in [-0.39, 0.29) is 17.5 Å². The zero-order chi connectivity index (χ0) is 17.5. The van der Waals surface area contributed by atoms with Crippen LogP contribution in [0.3, 0.4) is 0 Å². The standard InChI is InChI=1S/C17H30N4O3/c1-4-6-7-15(22)19-10-8-14(9-11-19)16-18-21(12-13-24-3)17(23)20(16)5-2/h14H,4-13H2,1-3H3. The number of likely N-dealkylation sites (tertiary alicyclic amines) is 1. The minimum Gasteiger partial charge on any atom is -0.383 e. The van der Waals surface area contributed by atoms with Gasteiger partial charge in [0.2, 0.25) is 5.91 Å². The molecule has 7 nitrogen and oxygen atoms in total. The SMILES string of the molecule is CCCCC(=O)N1CCC(c2nn(CCOC)c(=O)n2CC)CC1. The van der Waals surface area contributed by atoms with Crippen LogP contribution in [0.2, 0.25) is 0 Å². The zero-order valence-corrected chi connectivity index (χ0v) is 15.2. The van der Waals surface area contributed by atoms with Crippen molar-refractivity contribution in [3.05, 3.63) is 16.3 Å². The average molecular weight is 338 g/mol. The lowest BCUT2D eigenvalue weighted by atomic mass is 9.95. The number of rotatable bonds is 8. The molecule has 0 aromatic carbocycles. The number of carbonyl (C=O) groups excluding carboxylic acids is 1. The van der Waals surface area contributed by atoms with Gasteiger partial charge in [0, 0.05) is 39.1 Å². The van der Waals surface area contributed by atoms with E-state index >= 15 is 0 Å². The molecule has 1 amide bonds. The van der Waals surface area contributed by atoms with Crippen LogP contribution in [-0.4, -0.2) is 52.0 Å². The topological polar surface area (TPSA) is 69.4 Å². The van der Waals surface area contributed by atoms with Gasteiger partial charge < -0.3 is 9.64 Å². The molecule has 0 N–H and O–H groups in total. The van der Waals surface area contributed by atoms with Crippen LogP contribution in [0.1, 0.15) is 57.7 Å². The van der Waals surface area contributed by atoms with Crippen molar-refractivity contribution < 1.29 is 9.53 Å². The predicted molar refractivity (Wildman–Crippen MR) is 92.1 cm³/mol. The maximum absolute atomic E-state index is 12.4. The van der Waals surface area contributed by atoms with Crippen molar-refractivity contribution in [3.63, 3.8) is 0 Å². The van der Waals surface area contributed by atoms with Crippen LogP contribution >= 0.6 is 0 Å². The Kier molecular flexibility index (Phi) is 7.02. The van der Waals surface area contributed by atoms with Gasteiger partial charge in [-0.05, 0) is 26.2 Å². The molecule has 1 aliphatic heterocycles. The van der Waals surface area contributed by atoms with Crippen LogP contribution in [0.25, 0.3) is 0 Å². The fourth-order valence-electron chi connectivity index (χ4n) is 3.25. The summed E-state index contributed by atoms with van der Waals surface area (Å²) in [5.41, 5.74) is -0.0639. The van der Waals surface area contributed by atoms with Crippen molar-refractivity contribution in [1.82, 2.24) is 19.2 Å². The second-order valence-corrected chi connectivity index (χ2v) is 6.36. The Balaban J connectivity index is 2.03. The van der Waals surface area contributed by atoms with Crippen LogP contribution < -0.4 is 5.69 Å². The Labute approximate surface area is 143 Å². The highest BCUT2D eigenvalue weighted by atomic mass is 16.5. The number of methoxy groups -OCH3 is 1. The van der Waals surface area contributed by atoms with Gasteiger partial charge in [0.25, 0.3) is 0 Å². The van der Waals surface area contributed by atoms with Crippen LogP contribution in [0.4, 0.5) is 0 Å². The third-order valence-electron chi connectivity index (χ3n) is 4.73. The maximum Gasteiger partial charge on any atom is 0.345 e. The number of amides is 1. The van der Waals surface area contributed by atoms with Crippen LogP contribution in [0.5, 0.6) is 0 Å². The third kappa shape index (κ3) is 4.26. The number of piperidine rings is 1. The van der Waals surface area contributed by atoms with Gasteiger partial charge in [0.05, 0.1) is 13.2 Å². The molecule has 1 fully saturated rings. The number of unbranched alkanes of at least 4 members (excludes halogenated alkanes) is 1. The molecule has 0 radical (unpaired) electrons. The van der Waals surface area contributed by atoms with Crippen molar-refractivity contribution >= 4 is 5.91 Å². The van der Waals surface area contributed by atoms with E-state index in [1.54, 1.807) is 11.7 Å². The molecule has 0 spiro atoms. The molecular formula is C17H30N4O3. The highest BCUT2D eigenvalue weighted by molar-refractivity contribution is 5.76. The molecule has 0 atom stereocenters. The van der Waals surface area contributed by atoms with Gasteiger partial charge in [-0.3, -0.25) is 9.36 Å². The lowest BCUT2D eigenvalue weighted by Gasteiger charge is -2.31. The first kappa shape index (κ1) is 18.7. The minimum absolute atomic E-state index is 0.0639. The Bertz CT molecular complexity index is 585. The summed E-state index contributed by atoms with van der Waals surface area (Å²) in [7, 11) is 1.62. The van der Waals surface area contributed by atoms with Crippen molar-refractivity contribution in [2.45, 2.75) is 65.0 Å². The molecular weight excluding hydrogens is 308 g/mol. The molecule has 24 heavy (non-hydrogen) atoms. The quantitative estimate of drug-likeness (QED) is 0.722. The molecule has 1 aromatic heterocycles. The number of hydrogen-bond acceptors (Lipinski definition) is 4. The monoisotopic (exact) mass is 338 g/mol. The average Bonchev–Trinajstić information content (AvgIpc) is 2.93. The first-order chi connectivity index (χ1) is 11.6. The molecule has 1 aromatic rings. The van der Waals surface area contributed by atoms with Gasteiger partial charge in [-0.2, -0.15) is 5.10 Å². The number of ether oxygens (including phenoxy) is 1. The van der Waals surface area contributed by atoms with Gasteiger partial charge in [0.1, 0.15) is 5.82 Å². The number of hydrogen-bond donors (Lipinski definition) is 0. The van der Waals surface area contributed by atoms with E-state index in [0.29, 0.717) is 26.1 Å². The van der Waals surface area contributed by atoms with Crippen LogP contribution in [-0.2, 0) is 22.6 Å². The van der Waals surface area contributed by atoms with E-state index in [0.717, 1.165) is 44.6 Å². The van der Waals surface area contributed by atoms with Crippen molar-refractivity contribution in [2.75, 3.05) is 26.8 Å². The molecule has 0 bridgehead atoms. The van der Waals surface area contributed by atoms with E-state index in [4.69, 9.17) is 4.74 Å². The van der Waals surface area contributed by atoms with Crippen molar-refractivity contribution in [1.29, 1.82) is 0 Å². The van der Waals surface area contributed by atoms with E-state index in [1.807, 2.05) is 11.8 Å². The Morgan fingerprint density at radius 1 is 1.29 bits per heavy atom. The van der Waals surface area contributed by atoms with Crippen LogP contribution in [0, 0.1) is 0 Å². The van der Waals surface area contributed by atoms with Crippen molar-refractivity contribution in [3.8, 4) is 0 Å². The fourth-order valence-corrected chi connectivity index (χ4v) is 3.25. The summed E-state index contributed by atoms with van der Waals surface area (Å²) in [5.74, 6) is 1.37. The normalized spacial score (nSPS) is 15.9. The van der Waals surface area contributed by atoms with E-state index < -0.39 is 0 Å². The molecule has 136 valence electrons. The molecule has 2 rings (SSSR count). The third-order valence-corrected chi connectivity index (χ3v) is 4.73. The molecule has 2 heterocycles. The largest absolute Gasteiger partial charge is 0.383 e. The van der Waals surface area contributed by atoms with Gasteiger partial charge in [-0.25, -0.2) is 9.48 Å². The summed E-state index contributed by atoms with van der Waals surface area (Å²) in [6, 6.07) is 0. The minimum atomic E-state index is -0.0639. The summed E-state index contributed by atoms with van der Waals surface area (Å²) in [6.45, 7) is 7.16.